The highest BCUT2D eigenvalue weighted by molar-refractivity contribution is 7.07. The Balaban J connectivity index is 1.47. The molecule has 0 aromatic carbocycles. The molecule has 5 rings (SSSR count). The van der Waals surface area contributed by atoms with Crippen molar-refractivity contribution in [2.24, 2.45) is 5.92 Å². The van der Waals surface area contributed by atoms with Crippen molar-refractivity contribution in [3.63, 3.8) is 0 Å². The first-order valence-corrected chi connectivity index (χ1v) is 10.4. The van der Waals surface area contributed by atoms with Crippen LogP contribution >= 0.6 is 11.3 Å². The fourth-order valence-electron chi connectivity index (χ4n) is 4.16. The molecular weight excluding hydrogens is 362 g/mol. The maximum atomic E-state index is 13.0. The van der Waals surface area contributed by atoms with Gasteiger partial charge in [0.2, 0.25) is 5.91 Å². The zero-order valence-electron chi connectivity index (χ0n) is 15.8. The molecule has 27 heavy (non-hydrogen) atoms. The minimum Gasteiger partial charge on any atom is -0.336 e. The molecule has 0 aliphatic carbocycles. The van der Waals surface area contributed by atoms with Gasteiger partial charge in [-0.05, 0) is 38.2 Å². The van der Waals surface area contributed by atoms with Gasteiger partial charge in [0.05, 0.1) is 16.9 Å². The molecule has 3 saturated heterocycles. The molecule has 3 aliphatic heterocycles. The summed E-state index contributed by atoms with van der Waals surface area (Å²) >= 11 is 1.62. The predicted molar refractivity (Wildman–Crippen MR) is 104 cm³/mol. The monoisotopic (exact) mass is 387 g/mol. The zero-order valence-corrected chi connectivity index (χ0v) is 16.6. The molecule has 2 atom stereocenters. The van der Waals surface area contributed by atoms with Gasteiger partial charge in [-0.1, -0.05) is 0 Å². The molecule has 7 nitrogen and oxygen atoms in total. The SMILES string of the molecule is Cc1cc(=O)n(CC(=O)N2C[C@H]3CC[C@@H]2CN(Cc2cscn2)C3)nc1C. The molecule has 5 heterocycles. The average Bonchev–Trinajstić information content (AvgIpc) is 2.98. The van der Waals surface area contributed by atoms with E-state index in [4.69, 9.17) is 0 Å². The van der Waals surface area contributed by atoms with E-state index in [1.807, 2.05) is 24.3 Å². The van der Waals surface area contributed by atoms with Gasteiger partial charge in [-0.3, -0.25) is 14.5 Å². The molecule has 0 N–H and O–H groups in total. The van der Waals surface area contributed by atoms with Crippen LogP contribution in [0.3, 0.4) is 0 Å². The summed E-state index contributed by atoms with van der Waals surface area (Å²) < 4.78 is 1.30. The summed E-state index contributed by atoms with van der Waals surface area (Å²) in [4.78, 5) is 34.0. The van der Waals surface area contributed by atoms with Crippen LogP contribution in [0, 0.1) is 19.8 Å². The number of carbonyl (C=O) groups excluding carboxylic acids is 1. The summed E-state index contributed by atoms with van der Waals surface area (Å²) in [5.74, 6) is 0.480. The van der Waals surface area contributed by atoms with E-state index < -0.39 is 0 Å². The highest BCUT2D eigenvalue weighted by Crippen LogP contribution is 2.29. The van der Waals surface area contributed by atoms with Crippen molar-refractivity contribution in [1.82, 2.24) is 24.6 Å². The summed E-state index contributed by atoms with van der Waals surface area (Å²) in [6, 6.07) is 1.76. The van der Waals surface area contributed by atoms with Crippen LogP contribution < -0.4 is 5.56 Å². The lowest BCUT2D eigenvalue weighted by Gasteiger charge is -2.36. The van der Waals surface area contributed by atoms with Gasteiger partial charge in [0, 0.05) is 43.7 Å². The molecule has 0 radical (unpaired) electrons. The highest BCUT2D eigenvalue weighted by atomic mass is 32.1. The minimum atomic E-state index is -0.211. The summed E-state index contributed by atoms with van der Waals surface area (Å²) in [7, 11) is 0. The second-order valence-corrected chi connectivity index (χ2v) is 8.44. The molecule has 144 valence electrons. The van der Waals surface area contributed by atoms with Crippen LogP contribution in [0.1, 0.15) is 29.8 Å². The molecule has 1 amide bonds. The van der Waals surface area contributed by atoms with Gasteiger partial charge in [0.25, 0.3) is 5.56 Å². The van der Waals surface area contributed by atoms with Crippen molar-refractivity contribution in [2.75, 3.05) is 19.6 Å². The third-order valence-corrected chi connectivity index (χ3v) is 6.33. The average molecular weight is 388 g/mol. The van der Waals surface area contributed by atoms with Gasteiger partial charge in [-0.25, -0.2) is 9.67 Å². The summed E-state index contributed by atoms with van der Waals surface area (Å²) in [6.07, 6.45) is 2.18. The Kier molecular flexibility index (Phi) is 5.10. The van der Waals surface area contributed by atoms with Crippen molar-refractivity contribution in [3.8, 4) is 0 Å². The first-order valence-electron chi connectivity index (χ1n) is 9.44. The van der Waals surface area contributed by atoms with E-state index >= 15 is 0 Å². The Hall–Kier alpha value is -2.06. The summed E-state index contributed by atoms with van der Waals surface area (Å²) in [5, 5.41) is 6.39. The number of aryl methyl sites for hydroxylation is 2. The van der Waals surface area contributed by atoms with Crippen LogP contribution in [0.15, 0.2) is 21.8 Å². The van der Waals surface area contributed by atoms with Gasteiger partial charge in [-0.15, -0.1) is 11.3 Å². The Morgan fingerprint density at radius 2 is 2.11 bits per heavy atom. The number of nitrogens with zero attached hydrogens (tertiary/aromatic N) is 5. The fraction of sp³-hybridized carbons (Fsp3) is 0.579. The largest absolute Gasteiger partial charge is 0.336 e. The summed E-state index contributed by atoms with van der Waals surface area (Å²) in [6.45, 7) is 7.23. The van der Waals surface area contributed by atoms with Gasteiger partial charge in [0.15, 0.2) is 0 Å². The Labute approximate surface area is 162 Å². The molecule has 0 unspecified atom stereocenters. The topological polar surface area (TPSA) is 71.3 Å². The molecule has 2 aromatic rings. The summed E-state index contributed by atoms with van der Waals surface area (Å²) in [5.41, 5.74) is 4.40. The van der Waals surface area contributed by atoms with Crippen molar-refractivity contribution in [1.29, 1.82) is 0 Å². The zero-order chi connectivity index (χ0) is 19.0. The third kappa shape index (κ3) is 3.96. The third-order valence-electron chi connectivity index (χ3n) is 5.70. The normalized spacial score (nSPS) is 22.8. The van der Waals surface area contributed by atoms with Crippen molar-refractivity contribution >= 4 is 17.2 Å². The van der Waals surface area contributed by atoms with E-state index in [-0.39, 0.29) is 24.1 Å². The molecular formula is C19H25N5O2S. The predicted octanol–water partition coefficient (Wildman–Crippen LogP) is 1.44. The van der Waals surface area contributed by atoms with Crippen LogP contribution in [0.5, 0.6) is 0 Å². The van der Waals surface area contributed by atoms with Crippen LogP contribution in [-0.2, 0) is 17.9 Å². The number of rotatable bonds is 4. The second-order valence-electron chi connectivity index (χ2n) is 7.73. The van der Waals surface area contributed by atoms with Crippen molar-refractivity contribution in [2.45, 2.75) is 45.8 Å². The van der Waals surface area contributed by atoms with Crippen LogP contribution in [0.25, 0.3) is 0 Å². The lowest BCUT2D eigenvalue weighted by Crippen LogP contribution is -2.49. The molecule has 8 heteroatoms. The van der Waals surface area contributed by atoms with Crippen molar-refractivity contribution < 1.29 is 4.79 Å². The minimum absolute atomic E-state index is 0.00180. The number of fused-ring (bicyclic) bond motifs is 4. The number of amides is 1. The Morgan fingerprint density at radius 1 is 1.26 bits per heavy atom. The smallest absolute Gasteiger partial charge is 0.267 e. The van der Waals surface area contributed by atoms with E-state index in [1.54, 1.807) is 17.4 Å². The Morgan fingerprint density at radius 3 is 2.89 bits per heavy atom. The van der Waals surface area contributed by atoms with E-state index in [0.29, 0.717) is 5.92 Å². The van der Waals surface area contributed by atoms with E-state index in [9.17, 15) is 9.59 Å². The van der Waals surface area contributed by atoms with E-state index in [2.05, 4.69) is 20.4 Å². The van der Waals surface area contributed by atoms with E-state index in [0.717, 1.165) is 56.0 Å². The molecule has 3 aliphatic rings. The van der Waals surface area contributed by atoms with Crippen molar-refractivity contribution in [3.05, 3.63) is 44.3 Å². The molecule has 2 aromatic heterocycles. The van der Waals surface area contributed by atoms with Crippen LogP contribution in [0.2, 0.25) is 0 Å². The van der Waals surface area contributed by atoms with Gasteiger partial charge in [-0.2, -0.15) is 5.10 Å². The number of hydrogen-bond acceptors (Lipinski definition) is 6. The van der Waals surface area contributed by atoms with Gasteiger partial charge >= 0.3 is 0 Å². The molecule has 0 saturated carbocycles. The maximum absolute atomic E-state index is 13.0. The van der Waals surface area contributed by atoms with E-state index in [1.165, 1.54) is 4.68 Å². The maximum Gasteiger partial charge on any atom is 0.267 e. The quantitative estimate of drug-likeness (QED) is 0.794. The highest BCUT2D eigenvalue weighted by Gasteiger charge is 2.37. The lowest BCUT2D eigenvalue weighted by molar-refractivity contribution is -0.136. The first-order chi connectivity index (χ1) is 13.0. The number of hydrogen-bond donors (Lipinski definition) is 0. The van der Waals surface area contributed by atoms with Gasteiger partial charge in [0.1, 0.15) is 6.54 Å². The molecule has 2 bridgehead atoms. The van der Waals surface area contributed by atoms with Gasteiger partial charge < -0.3 is 4.90 Å². The first kappa shape index (κ1) is 18.3. The second kappa shape index (κ2) is 7.52. The number of thiazole rings is 1. The number of carbonyl (C=O) groups is 1. The number of aromatic nitrogens is 3. The Bertz CT molecular complexity index is 879. The van der Waals surface area contributed by atoms with Crippen LogP contribution in [-0.4, -0.2) is 56.1 Å². The molecule has 3 fully saturated rings. The lowest BCUT2D eigenvalue weighted by atomic mass is 9.95. The number of piperidine rings is 1. The molecule has 0 spiro atoms. The fourth-order valence-corrected chi connectivity index (χ4v) is 4.71. The van der Waals surface area contributed by atoms with Crippen LogP contribution in [0.4, 0.5) is 0 Å². The standard InChI is InChI=1S/C19H25N5O2S/c1-13-5-18(25)24(21-14(13)2)10-19(26)23-7-15-3-4-17(23)9-22(6-15)8-16-11-27-12-20-16/h5,11-12,15,17H,3-4,6-10H2,1-2H3/t15-,17+/m0/s1.